The first-order valence-electron chi connectivity index (χ1n) is 9.49. The highest BCUT2D eigenvalue weighted by molar-refractivity contribution is 5.69. The van der Waals surface area contributed by atoms with Gasteiger partial charge in [0.1, 0.15) is 13.2 Å². The standard InChI is InChI=1S/C19H34O7/c1-4-5-6-7-8-10-17(22)11-9-12-19(23)25-14-18(26-16(3)21)13-24-15(2)20/h17-18,22H,4-14H2,1-3H3. The summed E-state index contributed by atoms with van der Waals surface area (Å²) in [4.78, 5) is 33.5. The summed E-state index contributed by atoms with van der Waals surface area (Å²) >= 11 is 0. The van der Waals surface area contributed by atoms with Crippen molar-refractivity contribution < 1.29 is 33.7 Å². The minimum Gasteiger partial charge on any atom is -0.462 e. The van der Waals surface area contributed by atoms with Crippen LogP contribution in [0, 0.1) is 0 Å². The van der Waals surface area contributed by atoms with E-state index in [9.17, 15) is 19.5 Å². The van der Waals surface area contributed by atoms with Crippen LogP contribution in [0.3, 0.4) is 0 Å². The lowest BCUT2D eigenvalue weighted by molar-refractivity contribution is -0.164. The molecule has 0 aliphatic heterocycles. The minimum absolute atomic E-state index is 0.154. The molecule has 26 heavy (non-hydrogen) atoms. The predicted molar refractivity (Wildman–Crippen MR) is 96.4 cm³/mol. The van der Waals surface area contributed by atoms with Crippen LogP contribution in [0.4, 0.5) is 0 Å². The normalized spacial score (nSPS) is 12.9. The molecule has 2 atom stereocenters. The Morgan fingerprint density at radius 3 is 2.08 bits per heavy atom. The molecule has 0 radical (unpaired) electrons. The Hall–Kier alpha value is -1.63. The van der Waals surface area contributed by atoms with E-state index in [1.165, 1.54) is 33.1 Å². The summed E-state index contributed by atoms with van der Waals surface area (Å²) in [5.74, 6) is -1.47. The zero-order valence-electron chi connectivity index (χ0n) is 16.3. The monoisotopic (exact) mass is 374 g/mol. The van der Waals surface area contributed by atoms with Crippen LogP contribution in [-0.2, 0) is 28.6 Å². The molecule has 7 nitrogen and oxygen atoms in total. The number of aliphatic hydroxyl groups is 1. The fourth-order valence-electron chi connectivity index (χ4n) is 2.43. The number of hydrogen-bond acceptors (Lipinski definition) is 7. The summed E-state index contributed by atoms with van der Waals surface area (Å²) in [5, 5.41) is 9.90. The molecule has 0 saturated heterocycles. The summed E-state index contributed by atoms with van der Waals surface area (Å²) in [6, 6.07) is 0. The van der Waals surface area contributed by atoms with E-state index >= 15 is 0 Å². The highest BCUT2D eigenvalue weighted by atomic mass is 16.6. The van der Waals surface area contributed by atoms with Crippen molar-refractivity contribution in [1.29, 1.82) is 0 Å². The third-order valence-electron chi connectivity index (χ3n) is 3.79. The Morgan fingerprint density at radius 1 is 0.846 bits per heavy atom. The molecule has 0 aromatic rings. The second-order valence-corrected chi connectivity index (χ2v) is 6.47. The maximum Gasteiger partial charge on any atom is 0.305 e. The molecule has 152 valence electrons. The van der Waals surface area contributed by atoms with Crippen LogP contribution in [0.25, 0.3) is 0 Å². The van der Waals surface area contributed by atoms with Gasteiger partial charge in [-0.15, -0.1) is 0 Å². The Labute approximate surface area is 156 Å². The van der Waals surface area contributed by atoms with Crippen molar-refractivity contribution in [2.45, 2.75) is 90.8 Å². The van der Waals surface area contributed by atoms with Gasteiger partial charge in [0.25, 0.3) is 0 Å². The molecule has 0 aliphatic carbocycles. The first kappa shape index (κ1) is 24.4. The lowest BCUT2D eigenvalue weighted by Gasteiger charge is -2.16. The molecule has 0 aliphatic rings. The van der Waals surface area contributed by atoms with Crippen LogP contribution in [0.15, 0.2) is 0 Å². The van der Waals surface area contributed by atoms with Crippen molar-refractivity contribution in [3.8, 4) is 0 Å². The molecule has 0 bridgehead atoms. The van der Waals surface area contributed by atoms with E-state index < -0.39 is 24.0 Å². The molecule has 0 aromatic carbocycles. The van der Waals surface area contributed by atoms with E-state index in [-0.39, 0.29) is 25.7 Å². The first-order chi connectivity index (χ1) is 12.3. The molecular weight excluding hydrogens is 340 g/mol. The van der Waals surface area contributed by atoms with Crippen LogP contribution >= 0.6 is 0 Å². The van der Waals surface area contributed by atoms with Gasteiger partial charge in [-0.25, -0.2) is 0 Å². The lowest BCUT2D eigenvalue weighted by atomic mass is 10.0. The van der Waals surface area contributed by atoms with Crippen LogP contribution < -0.4 is 0 Å². The Kier molecular flexibility index (Phi) is 14.6. The highest BCUT2D eigenvalue weighted by Crippen LogP contribution is 2.12. The van der Waals surface area contributed by atoms with Crippen LogP contribution in [0.1, 0.15) is 78.6 Å². The van der Waals surface area contributed by atoms with Crippen molar-refractivity contribution in [3.05, 3.63) is 0 Å². The largest absolute Gasteiger partial charge is 0.462 e. The fraction of sp³-hybridized carbons (Fsp3) is 0.842. The number of unbranched alkanes of at least 4 members (excludes halogenated alkanes) is 4. The number of esters is 3. The van der Waals surface area contributed by atoms with Gasteiger partial charge in [0, 0.05) is 20.3 Å². The van der Waals surface area contributed by atoms with Gasteiger partial charge in [0.15, 0.2) is 6.10 Å². The smallest absolute Gasteiger partial charge is 0.305 e. The Morgan fingerprint density at radius 2 is 1.46 bits per heavy atom. The van der Waals surface area contributed by atoms with Crippen LogP contribution in [0.5, 0.6) is 0 Å². The molecule has 7 heteroatoms. The zero-order chi connectivity index (χ0) is 19.8. The average molecular weight is 374 g/mol. The Bertz CT molecular complexity index is 409. The summed E-state index contributed by atoms with van der Waals surface area (Å²) in [5.41, 5.74) is 0. The van der Waals surface area contributed by atoms with Gasteiger partial charge in [-0.2, -0.15) is 0 Å². The molecule has 0 amide bonds. The number of rotatable bonds is 15. The second-order valence-electron chi connectivity index (χ2n) is 6.47. The maximum atomic E-state index is 11.7. The summed E-state index contributed by atoms with van der Waals surface area (Å²) in [6.45, 7) is 4.32. The molecule has 0 rings (SSSR count). The van der Waals surface area contributed by atoms with Crippen molar-refractivity contribution in [3.63, 3.8) is 0 Å². The highest BCUT2D eigenvalue weighted by Gasteiger charge is 2.17. The van der Waals surface area contributed by atoms with E-state index in [0.29, 0.717) is 12.8 Å². The second kappa shape index (κ2) is 15.6. The third kappa shape index (κ3) is 15.9. The van der Waals surface area contributed by atoms with Gasteiger partial charge < -0.3 is 19.3 Å². The van der Waals surface area contributed by atoms with Gasteiger partial charge in [-0.3, -0.25) is 14.4 Å². The Balaban J connectivity index is 3.86. The average Bonchev–Trinajstić information content (AvgIpc) is 2.56. The van der Waals surface area contributed by atoms with E-state index in [0.717, 1.165) is 19.3 Å². The quantitative estimate of drug-likeness (QED) is 0.267. The van der Waals surface area contributed by atoms with Gasteiger partial charge in [0.2, 0.25) is 0 Å². The van der Waals surface area contributed by atoms with Gasteiger partial charge in [-0.1, -0.05) is 39.0 Å². The topological polar surface area (TPSA) is 99.1 Å². The number of aliphatic hydroxyl groups excluding tert-OH is 1. The summed E-state index contributed by atoms with van der Waals surface area (Å²) in [6.07, 6.45) is 6.61. The van der Waals surface area contributed by atoms with Crippen molar-refractivity contribution in [2.75, 3.05) is 13.2 Å². The number of hydrogen-bond donors (Lipinski definition) is 1. The van der Waals surface area contributed by atoms with E-state index in [1.54, 1.807) is 0 Å². The zero-order valence-corrected chi connectivity index (χ0v) is 16.3. The first-order valence-corrected chi connectivity index (χ1v) is 9.49. The number of ether oxygens (including phenoxy) is 3. The molecule has 0 spiro atoms. The van der Waals surface area contributed by atoms with Crippen molar-refractivity contribution in [2.24, 2.45) is 0 Å². The fourth-order valence-corrected chi connectivity index (χ4v) is 2.43. The third-order valence-corrected chi connectivity index (χ3v) is 3.79. The van der Waals surface area contributed by atoms with Crippen LogP contribution in [0.2, 0.25) is 0 Å². The van der Waals surface area contributed by atoms with E-state index in [4.69, 9.17) is 14.2 Å². The molecule has 2 unspecified atom stereocenters. The van der Waals surface area contributed by atoms with E-state index in [1.807, 2.05) is 0 Å². The predicted octanol–water partition coefficient (Wildman–Crippen LogP) is 2.92. The lowest BCUT2D eigenvalue weighted by Crippen LogP contribution is -2.29. The van der Waals surface area contributed by atoms with E-state index in [2.05, 4.69) is 6.92 Å². The molecule has 0 saturated carbocycles. The summed E-state index contributed by atoms with van der Waals surface area (Å²) in [7, 11) is 0. The number of carbonyl (C=O) groups is 3. The molecular formula is C19H34O7. The van der Waals surface area contributed by atoms with Gasteiger partial charge in [-0.05, 0) is 19.3 Å². The molecule has 0 aromatic heterocycles. The minimum atomic E-state index is -0.811. The van der Waals surface area contributed by atoms with Crippen LogP contribution in [-0.4, -0.2) is 48.4 Å². The number of carbonyl (C=O) groups excluding carboxylic acids is 3. The van der Waals surface area contributed by atoms with Crippen molar-refractivity contribution >= 4 is 17.9 Å². The molecule has 0 fully saturated rings. The SMILES string of the molecule is CCCCCCCC(O)CCCC(=O)OCC(COC(C)=O)OC(C)=O. The van der Waals surface area contributed by atoms with Crippen molar-refractivity contribution in [1.82, 2.24) is 0 Å². The maximum absolute atomic E-state index is 11.7. The van der Waals surface area contributed by atoms with Gasteiger partial charge >= 0.3 is 17.9 Å². The molecule has 0 heterocycles. The van der Waals surface area contributed by atoms with Gasteiger partial charge in [0.05, 0.1) is 6.10 Å². The molecule has 1 N–H and O–H groups in total. The summed E-state index contributed by atoms with van der Waals surface area (Å²) < 4.78 is 14.8.